The number of hydrogen-bond donors (Lipinski definition) is 0. The second-order valence-corrected chi connectivity index (χ2v) is 18.8. The molecule has 1 aromatic heterocycles. The van der Waals surface area contributed by atoms with E-state index in [1.54, 1.807) is 0 Å². The van der Waals surface area contributed by atoms with Crippen LogP contribution in [0.4, 0.5) is 17.1 Å². The summed E-state index contributed by atoms with van der Waals surface area (Å²) < 4.78 is 2.43. The van der Waals surface area contributed by atoms with Crippen molar-refractivity contribution in [3.63, 3.8) is 0 Å². The number of para-hydroxylation sites is 3. The third-order valence-electron chi connectivity index (χ3n) is 14.7. The quantitative estimate of drug-likeness (QED) is 0.138. The molecule has 0 aliphatic rings. The highest BCUT2D eigenvalue weighted by molar-refractivity contribution is 6.22. The highest BCUT2D eigenvalue weighted by Crippen LogP contribution is 2.48. The summed E-state index contributed by atoms with van der Waals surface area (Å²) in [4.78, 5) is 2.46. The van der Waals surface area contributed by atoms with E-state index < -0.39 is 0 Å². The van der Waals surface area contributed by atoms with E-state index in [-0.39, 0.29) is 0 Å². The van der Waals surface area contributed by atoms with E-state index in [1.165, 1.54) is 98.3 Å². The van der Waals surface area contributed by atoms with Crippen molar-refractivity contribution in [2.24, 2.45) is 0 Å². The maximum Gasteiger partial charge on any atom is 0.0619 e. The molecule has 336 valence electrons. The summed E-state index contributed by atoms with van der Waals surface area (Å²) in [5.74, 6) is 0. The Morgan fingerprint density at radius 1 is 0.264 bits per heavy atom. The maximum absolute atomic E-state index is 2.46. The normalized spacial score (nSPS) is 11.6. The molecule has 14 rings (SSSR count). The summed E-state index contributed by atoms with van der Waals surface area (Å²) in [5.41, 5.74) is 16.4. The van der Waals surface area contributed by atoms with Crippen LogP contribution in [0.15, 0.2) is 279 Å². The lowest BCUT2D eigenvalue weighted by molar-refractivity contribution is 1.18. The second-order valence-electron chi connectivity index (χ2n) is 18.8. The summed E-state index contributed by atoms with van der Waals surface area (Å²) in [7, 11) is 0. The molecule has 0 amide bonds. The van der Waals surface area contributed by atoms with E-state index in [9.17, 15) is 0 Å². The molecule has 0 saturated carbocycles. The summed E-state index contributed by atoms with van der Waals surface area (Å²) >= 11 is 0. The molecular weight excluding hydrogens is 869 g/mol. The van der Waals surface area contributed by atoms with Gasteiger partial charge in [-0.25, -0.2) is 0 Å². The zero-order chi connectivity index (χ0) is 47.5. The average molecular weight is 915 g/mol. The summed E-state index contributed by atoms with van der Waals surface area (Å²) in [6.45, 7) is 0. The largest absolute Gasteiger partial charge is 0.310 e. The lowest BCUT2D eigenvalue weighted by Crippen LogP contribution is -2.11. The van der Waals surface area contributed by atoms with E-state index in [2.05, 4.69) is 289 Å². The first-order valence-electron chi connectivity index (χ1n) is 24.8. The third kappa shape index (κ3) is 6.80. The molecule has 0 spiro atoms. The Balaban J connectivity index is 0.963. The van der Waals surface area contributed by atoms with Crippen molar-refractivity contribution in [3.8, 4) is 50.2 Å². The summed E-state index contributed by atoms with van der Waals surface area (Å²) in [6, 6.07) is 102. The van der Waals surface area contributed by atoms with Gasteiger partial charge in [0.15, 0.2) is 0 Å². The van der Waals surface area contributed by atoms with Crippen LogP contribution in [-0.2, 0) is 0 Å². The van der Waals surface area contributed by atoms with Crippen LogP contribution in [0.5, 0.6) is 0 Å². The average Bonchev–Trinajstić information content (AvgIpc) is 3.80. The molecule has 1 heterocycles. The van der Waals surface area contributed by atoms with E-state index in [0.29, 0.717) is 0 Å². The lowest BCUT2D eigenvalue weighted by Gasteiger charge is -2.28. The van der Waals surface area contributed by atoms with Crippen LogP contribution in [0, 0.1) is 0 Å². The number of hydrogen-bond acceptors (Lipinski definition) is 1. The highest BCUT2D eigenvalue weighted by Gasteiger charge is 2.22. The molecule has 0 N–H and O–H groups in total. The lowest BCUT2D eigenvalue weighted by atomic mass is 9.84. The smallest absolute Gasteiger partial charge is 0.0619 e. The van der Waals surface area contributed by atoms with Crippen LogP contribution >= 0.6 is 0 Å². The zero-order valence-corrected chi connectivity index (χ0v) is 39.5. The van der Waals surface area contributed by atoms with Crippen LogP contribution in [0.3, 0.4) is 0 Å². The van der Waals surface area contributed by atoms with E-state index >= 15 is 0 Å². The highest BCUT2D eigenvalue weighted by atomic mass is 15.1. The van der Waals surface area contributed by atoms with Gasteiger partial charge in [0.1, 0.15) is 0 Å². The van der Waals surface area contributed by atoms with Crippen LogP contribution in [0.1, 0.15) is 0 Å². The fraction of sp³-hybridized carbons (Fsp3) is 0. The van der Waals surface area contributed by atoms with Gasteiger partial charge in [-0.15, -0.1) is 0 Å². The fourth-order valence-corrected chi connectivity index (χ4v) is 11.5. The van der Waals surface area contributed by atoms with Gasteiger partial charge < -0.3 is 9.47 Å². The second kappa shape index (κ2) is 17.2. The summed E-state index contributed by atoms with van der Waals surface area (Å²) in [5, 5.41) is 12.4. The minimum Gasteiger partial charge on any atom is -0.310 e. The molecule has 13 aromatic carbocycles. The molecule has 2 heteroatoms. The van der Waals surface area contributed by atoms with Crippen molar-refractivity contribution in [1.29, 1.82) is 0 Å². The molecule has 0 radical (unpaired) electrons. The maximum atomic E-state index is 2.46. The Morgan fingerprint density at radius 2 is 0.792 bits per heavy atom. The standard InChI is InChI=1S/C70H46N2/c1-4-20-48(21-5-1)68-63-34-15-13-31-59(63)60-43-40-50(45-65(60)69(68)49-22-6-2-7-23-49)47-38-41-54(42-39-47)71(67-46-52-24-10-11-29-56(52)58-30-12-14-32-61(58)67)55-28-18-25-51(44-55)57-35-19-36-64-62-33-16-17-37-66(62)72(70(57)64)53-26-8-3-9-27-53/h1-46H. The van der Waals surface area contributed by atoms with Crippen molar-refractivity contribution in [2.75, 3.05) is 4.90 Å². The Bertz CT molecular complexity index is 4360. The van der Waals surface area contributed by atoms with E-state index in [0.717, 1.165) is 33.9 Å². The fourth-order valence-electron chi connectivity index (χ4n) is 11.5. The minimum atomic E-state index is 1.08. The van der Waals surface area contributed by atoms with Crippen molar-refractivity contribution >= 4 is 82.0 Å². The molecule has 0 unspecified atom stereocenters. The number of benzene rings is 13. The van der Waals surface area contributed by atoms with Crippen molar-refractivity contribution in [2.45, 2.75) is 0 Å². The van der Waals surface area contributed by atoms with Crippen molar-refractivity contribution < 1.29 is 0 Å². The number of anilines is 3. The predicted molar refractivity (Wildman–Crippen MR) is 307 cm³/mol. The van der Waals surface area contributed by atoms with Crippen molar-refractivity contribution in [1.82, 2.24) is 4.57 Å². The van der Waals surface area contributed by atoms with Crippen LogP contribution < -0.4 is 4.90 Å². The van der Waals surface area contributed by atoms with Gasteiger partial charge in [-0.1, -0.05) is 224 Å². The molecule has 14 aromatic rings. The number of nitrogens with zero attached hydrogens (tertiary/aromatic N) is 2. The molecule has 0 aliphatic carbocycles. The van der Waals surface area contributed by atoms with Crippen LogP contribution in [0.2, 0.25) is 0 Å². The zero-order valence-electron chi connectivity index (χ0n) is 39.5. The van der Waals surface area contributed by atoms with E-state index in [4.69, 9.17) is 0 Å². The molecule has 0 saturated heterocycles. The van der Waals surface area contributed by atoms with Gasteiger partial charge >= 0.3 is 0 Å². The molecular formula is C70H46N2. The molecule has 0 fully saturated rings. The van der Waals surface area contributed by atoms with Gasteiger partial charge in [0.05, 0.1) is 16.7 Å². The van der Waals surface area contributed by atoms with Gasteiger partial charge in [-0.05, 0) is 131 Å². The van der Waals surface area contributed by atoms with Gasteiger partial charge in [-0.3, -0.25) is 0 Å². The van der Waals surface area contributed by atoms with E-state index in [1.807, 2.05) is 0 Å². The monoisotopic (exact) mass is 914 g/mol. The molecule has 0 atom stereocenters. The number of aromatic nitrogens is 1. The number of fused-ring (bicyclic) bond motifs is 9. The predicted octanol–water partition coefficient (Wildman–Crippen LogP) is 19.5. The van der Waals surface area contributed by atoms with Gasteiger partial charge in [0.25, 0.3) is 0 Å². The minimum absolute atomic E-state index is 1.08. The Labute approximate surface area is 418 Å². The van der Waals surface area contributed by atoms with Crippen molar-refractivity contribution in [3.05, 3.63) is 279 Å². The Morgan fingerprint density at radius 3 is 1.53 bits per heavy atom. The summed E-state index contributed by atoms with van der Waals surface area (Å²) in [6.07, 6.45) is 0. The van der Waals surface area contributed by atoms with Gasteiger partial charge in [-0.2, -0.15) is 0 Å². The first kappa shape index (κ1) is 41.5. The molecule has 2 nitrogen and oxygen atoms in total. The topological polar surface area (TPSA) is 8.17 Å². The molecule has 0 aliphatic heterocycles. The van der Waals surface area contributed by atoms with Crippen LogP contribution in [0.25, 0.3) is 115 Å². The first-order chi connectivity index (χ1) is 35.7. The number of rotatable bonds is 8. The van der Waals surface area contributed by atoms with Gasteiger partial charge in [0.2, 0.25) is 0 Å². The third-order valence-corrected chi connectivity index (χ3v) is 14.7. The SMILES string of the molecule is c1ccc(-c2c(-c3ccccc3)c3cc(-c4ccc(N(c5cccc(-c6cccc7c8ccccc8n(-c8ccccc8)c67)c5)c5cc6ccccc6c6ccccc56)cc4)ccc3c3ccccc23)cc1. The van der Waals surface area contributed by atoms with Gasteiger partial charge in [0, 0.05) is 38.8 Å². The first-order valence-corrected chi connectivity index (χ1v) is 24.8. The molecule has 0 bridgehead atoms. The Kier molecular flexibility index (Phi) is 9.89. The molecule has 72 heavy (non-hydrogen) atoms. The Hall–Kier alpha value is -9.50. The van der Waals surface area contributed by atoms with Crippen LogP contribution in [-0.4, -0.2) is 4.57 Å².